The summed E-state index contributed by atoms with van der Waals surface area (Å²) in [6.07, 6.45) is 9.81. The van der Waals surface area contributed by atoms with Crippen LogP contribution in [0.15, 0.2) is 71.1 Å². The highest BCUT2D eigenvalue weighted by molar-refractivity contribution is 7.89. The number of sulfonamides is 1. The molecule has 0 aliphatic heterocycles. The number of nitro benzene ring substituents is 1. The molecule has 0 saturated heterocycles. The van der Waals surface area contributed by atoms with Crippen LogP contribution in [-0.4, -0.2) is 65.1 Å². The van der Waals surface area contributed by atoms with Gasteiger partial charge in [0.05, 0.1) is 33.5 Å². The van der Waals surface area contributed by atoms with E-state index in [0.29, 0.717) is 24.2 Å². The number of carbonyl (C=O) groups excluding carboxylic acids is 1. The van der Waals surface area contributed by atoms with Gasteiger partial charge in [-0.05, 0) is 139 Å². The molecule has 1 amide bonds. The topological polar surface area (TPSA) is 150 Å². The number of allylic oxidation sites excluding steroid dienone is 2. The Hall–Kier alpha value is -3.12. The molecule has 0 heterocycles. The molecule has 12 atom stereocenters. The molecule has 3 N–H and O–H groups in total. The molecule has 5 aliphatic carbocycles. The predicted octanol–water partition coefficient (Wildman–Crippen LogP) is 9.35. The van der Waals surface area contributed by atoms with Gasteiger partial charge in [0.2, 0.25) is 15.9 Å². The zero-order chi connectivity index (χ0) is 44.5. The Morgan fingerprint density at radius 2 is 1.57 bits per heavy atom. The summed E-state index contributed by atoms with van der Waals surface area (Å²) in [5.74, 6) is 1.56. The van der Waals surface area contributed by atoms with Crippen molar-refractivity contribution in [3.63, 3.8) is 0 Å². The van der Waals surface area contributed by atoms with Crippen LogP contribution in [-0.2, 0) is 21.2 Å². The number of aliphatic hydroxyl groups excluding tert-OH is 2. The minimum atomic E-state index is -4.16. The van der Waals surface area contributed by atoms with Gasteiger partial charge in [-0.1, -0.05) is 104 Å². The van der Waals surface area contributed by atoms with Crippen LogP contribution in [0.4, 0.5) is 5.69 Å². The number of nitrogens with zero attached hydrogens (tertiary/aromatic N) is 2. The number of nitro groups is 1. The molecular weight excluding hydrogens is 787 g/mol. The fraction of sp³-hybridized carbons (Fsp3) is 0.700. The monoisotopic (exact) mass is 860 g/mol. The maximum absolute atomic E-state index is 15.5. The van der Waals surface area contributed by atoms with E-state index in [-0.39, 0.29) is 75.1 Å². The van der Waals surface area contributed by atoms with E-state index in [1.807, 2.05) is 44.2 Å². The number of hydrogen-bond acceptors (Lipinski definition) is 7. The molecule has 0 radical (unpaired) electrons. The number of benzene rings is 2. The van der Waals surface area contributed by atoms with E-state index in [1.165, 1.54) is 34.1 Å². The Labute approximate surface area is 365 Å². The van der Waals surface area contributed by atoms with Crippen molar-refractivity contribution in [3.05, 3.63) is 81.9 Å². The molecule has 61 heavy (non-hydrogen) atoms. The normalized spacial score (nSPS) is 36.7. The second-order valence-electron chi connectivity index (χ2n) is 22.0. The van der Waals surface area contributed by atoms with Crippen LogP contribution < -0.4 is 5.32 Å². The summed E-state index contributed by atoms with van der Waals surface area (Å²) in [7, 11) is -4.16. The predicted molar refractivity (Wildman–Crippen MR) is 240 cm³/mol. The van der Waals surface area contributed by atoms with Crippen LogP contribution in [0.5, 0.6) is 0 Å². The first kappa shape index (κ1) is 45.9. The van der Waals surface area contributed by atoms with E-state index >= 15 is 4.79 Å². The Bertz CT molecular complexity index is 2090. The largest absolute Gasteiger partial charge is 0.393 e. The van der Waals surface area contributed by atoms with Gasteiger partial charge in [0.15, 0.2) is 0 Å². The Kier molecular flexibility index (Phi) is 12.4. The number of hydrogen-bond donors (Lipinski definition) is 3. The highest BCUT2D eigenvalue weighted by atomic mass is 32.2. The van der Waals surface area contributed by atoms with Crippen molar-refractivity contribution in [2.45, 2.75) is 150 Å². The molecule has 2 aromatic carbocycles. The molecule has 0 aromatic heterocycles. The molecule has 7 rings (SSSR count). The van der Waals surface area contributed by atoms with Crippen molar-refractivity contribution in [2.24, 2.45) is 62.6 Å². The maximum Gasteiger partial charge on any atom is 0.269 e. The average molecular weight is 860 g/mol. The van der Waals surface area contributed by atoms with Crippen LogP contribution in [0.3, 0.4) is 0 Å². The summed E-state index contributed by atoms with van der Waals surface area (Å²) in [4.78, 5) is 26.2. The fourth-order valence-electron chi connectivity index (χ4n) is 14.2. The molecule has 2 aromatic rings. The van der Waals surface area contributed by atoms with Gasteiger partial charge >= 0.3 is 0 Å². The highest BCUT2D eigenvalue weighted by Gasteiger charge is 2.69. The van der Waals surface area contributed by atoms with Crippen LogP contribution in [0, 0.1) is 72.7 Å². The second-order valence-corrected chi connectivity index (χ2v) is 23.9. The van der Waals surface area contributed by atoms with Crippen molar-refractivity contribution in [3.8, 4) is 0 Å². The molecule has 11 heteroatoms. The number of aliphatic hydroxyl groups is 2. The first-order valence-electron chi connectivity index (χ1n) is 23.2. The molecule has 5 aliphatic rings. The Morgan fingerprint density at radius 3 is 2.21 bits per heavy atom. The second kappa shape index (κ2) is 16.5. The molecule has 0 unspecified atom stereocenters. The third kappa shape index (κ3) is 7.63. The lowest BCUT2D eigenvalue weighted by Crippen LogP contribution is -2.66. The fourth-order valence-corrected chi connectivity index (χ4v) is 15.9. The lowest BCUT2D eigenvalue weighted by atomic mass is 9.33. The minimum Gasteiger partial charge on any atom is -0.393 e. The van der Waals surface area contributed by atoms with E-state index in [1.54, 1.807) is 0 Å². The summed E-state index contributed by atoms with van der Waals surface area (Å²) < 4.78 is 29.6. The van der Waals surface area contributed by atoms with Gasteiger partial charge in [-0.3, -0.25) is 14.9 Å². The van der Waals surface area contributed by atoms with Gasteiger partial charge in [0, 0.05) is 25.2 Å². The van der Waals surface area contributed by atoms with Crippen LogP contribution in [0.1, 0.15) is 126 Å². The number of rotatable bonds is 12. The van der Waals surface area contributed by atoms with Gasteiger partial charge < -0.3 is 15.5 Å². The van der Waals surface area contributed by atoms with Gasteiger partial charge in [-0.25, -0.2) is 8.42 Å². The lowest BCUT2D eigenvalue weighted by molar-refractivity contribution is -0.384. The standard InChI is InChI=1S/C50H73N3O7S/c1-32(2)30-52(61(59,60)37-17-15-36(16-18-37)53(57)58)31-40(54)39(29-35-13-11-10-12-14-35)51-45(56)50-26-21-33(3)34(4)44(50)38-19-20-42-47(7)24-23-43(55)46(5,6)41(47)22-25-49(42,9)48(38,8)27-28-50/h10-19,32-34,39-44,54-55H,20-31H2,1-9H3,(H,51,56)/t33-,34+,39+,40-,41+,42-,43-,44+,47+,48-,49-,50+/m1/s1. The van der Waals surface area contributed by atoms with Gasteiger partial charge in [-0.2, -0.15) is 4.31 Å². The lowest BCUT2D eigenvalue weighted by Gasteiger charge is -2.71. The Balaban J connectivity index is 1.22. The van der Waals surface area contributed by atoms with Crippen LogP contribution in [0.2, 0.25) is 0 Å². The van der Waals surface area contributed by atoms with Crippen LogP contribution in [0.25, 0.3) is 0 Å². The third-order valence-corrected chi connectivity index (χ3v) is 20.0. The van der Waals surface area contributed by atoms with Crippen molar-refractivity contribution >= 4 is 21.6 Å². The van der Waals surface area contributed by atoms with E-state index < -0.39 is 32.5 Å². The molecule has 10 nitrogen and oxygen atoms in total. The highest BCUT2D eigenvalue weighted by Crippen LogP contribution is 2.75. The minimum absolute atomic E-state index is 0.0393. The first-order chi connectivity index (χ1) is 28.5. The molecule has 0 spiro atoms. The van der Waals surface area contributed by atoms with Crippen molar-refractivity contribution in [2.75, 3.05) is 13.1 Å². The van der Waals surface area contributed by atoms with Gasteiger partial charge in [-0.15, -0.1) is 0 Å². The van der Waals surface area contributed by atoms with Crippen molar-refractivity contribution in [1.29, 1.82) is 0 Å². The van der Waals surface area contributed by atoms with Gasteiger partial charge in [0.1, 0.15) is 0 Å². The van der Waals surface area contributed by atoms with E-state index in [0.717, 1.165) is 63.4 Å². The molecule has 4 fully saturated rings. The van der Waals surface area contributed by atoms with Crippen LogP contribution >= 0.6 is 0 Å². The summed E-state index contributed by atoms with van der Waals surface area (Å²) in [6, 6.07) is 13.8. The average Bonchev–Trinajstić information content (AvgIpc) is 3.20. The summed E-state index contributed by atoms with van der Waals surface area (Å²) in [5.41, 5.74) is 1.45. The third-order valence-electron chi connectivity index (χ3n) is 18.1. The van der Waals surface area contributed by atoms with E-state index in [4.69, 9.17) is 0 Å². The first-order valence-corrected chi connectivity index (χ1v) is 24.6. The smallest absolute Gasteiger partial charge is 0.269 e. The number of fused-ring (bicyclic) bond motifs is 7. The Morgan fingerprint density at radius 1 is 0.902 bits per heavy atom. The number of non-ortho nitro benzene ring substituents is 1. The number of nitrogens with one attached hydrogen (secondary N) is 1. The number of carbonyl (C=O) groups is 1. The quantitative estimate of drug-likeness (QED) is 0.109. The maximum atomic E-state index is 15.5. The SMILES string of the molecule is CC(C)CN(C[C@@H](O)[C@H](Cc1ccccc1)NC(=O)[C@]12CC[C@@H](C)[C@H](C)[C@H]1C1=CC[C@@H]3[C@@]4(C)CC[C@@H](O)C(C)(C)[C@@H]4CC[C@@]3(C)[C@]1(C)CC2)S(=O)(=O)c1ccc([N+](=O)[O-])cc1. The van der Waals surface area contributed by atoms with E-state index in [9.17, 15) is 28.7 Å². The zero-order valence-corrected chi connectivity index (χ0v) is 39.0. The molecule has 4 saturated carbocycles. The zero-order valence-electron chi connectivity index (χ0n) is 38.2. The molecular formula is C50H73N3O7S. The van der Waals surface area contributed by atoms with Crippen molar-refractivity contribution < 1.29 is 28.3 Å². The summed E-state index contributed by atoms with van der Waals surface area (Å²) in [5, 5.41) is 38.2. The molecule has 336 valence electrons. The summed E-state index contributed by atoms with van der Waals surface area (Å²) in [6.45, 7) is 20.5. The van der Waals surface area contributed by atoms with Crippen molar-refractivity contribution in [1.82, 2.24) is 9.62 Å². The van der Waals surface area contributed by atoms with Gasteiger partial charge in [0.25, 0.3) is 5.69 Å². The molecule has 0 bridgehead atoms. The summed E-state index contributed by atoms with van der Waals surface area (Å²) >= 11 is 0. The van der Waals surface area contributed by atoms with E-state index in [2.05, 4.69) is 59.9 Å². The number of amides is 1.